The van der Waals surface area contributed by atoms with Crippen molar-refractivity contribution in [1.29, 1.82) is 0 Å². The van der Waals surface area contributed by atoms with Gasteiger partial charge in [0.2, 0.25) is 0 Å². The molecule has 2 amide bonds. The second-order valence-corrected chi connectivity index (χ2v) is 7.36. The van der Waals surface area contributed by atoms with Crippen LogP contribution in [0.3, 0.4) is 0 Å². The third-order valence-corrected chi connectivity index (χ3v) is 4.72. The van der Waals surface area contributed by atoms with Gasteiger partial charge in [0.1, 0.15) is 11.5 Å². The fourth-order valence-electron chi connectivity index (χ4n) is 2.64. The standard InChI is InChI=1S/C23H21BrN2O4/c1-16-6-5-9-19(12-16)29-14-22(27)25-26-23(28)15-30-21-11-10-18(13-20(21)24)17-7-3-2-4-8-17/h2-13H,14-15H2,1H3,(H,25,27)(H,26,28). The maximum atomic E-state index is 11.9. The SMILES string of the molecule is Cc1cccc(OCC(=O)NNC(=O)COc2ccc(-c3ccccc3)cc2Br)c1. The monoisotopic (exact) mass is 468 g/mol. The van der Waals surface area contributed by atoms with Crippen molar-refractivity contribution in [3.63, 3.8) is 0 Å². The average molecular weight is 469 g/mol. The van der Waals surface area contributed by atoms with Gasteiger partial charge in [0.05, 0.1) is 4.47 Å². The third kappa shape index (κ3) is 6.35. The lowest BCUT2D eigenvalue weighted by Crippen LogP contribution is -2.45. The number of nitrogens with one attached hydrogen (secondary N) is 2. The fourth-order valence-corrected chi connectivity index (χ4v) is 3.13. The van der Waals surface area contributed by atoms with Crippen LogP contribution in [0, 0.1) is 6.92 Å². The molecule has 0 bridgehead atoms. The average Bonchev–Trinajstić information content (AvgIpc) is 2.76. The first-order chi connectivity index (χ1) is 14.5. The van der Waals surface area contributed by atoms with E-state index in [2.05, 4.69) is 26.8 Å². The number of rotatable bonds is 7. The first kappa shape index (κ1) is 21.4. The van der Waals surface area contributed by atoms with E-state index in [1.165, 1.54) is 0 Å². The predicted molar refractivity (Wildman–Crippen MR) is 118 cm³/mol. The number of hydrazine groups is 1. The zero-order chi connectivity index (χ0) is 21.3. The lowest BCUT2D eigenvalue weighted by Gasteiger charge is -2.11. The summed E-state index contributed by atoms with van der Waals surface area (Å²) < 4.78 is 11.6. The molecule has 0 radical (unpaired) electrons. The summed E-state index contributed by atoms with van der Waals surface area (Å²) in [5.74, 6) is 0.152. The number of ether oxygens (including phenoxy) is 2. The number of hydrogen-bond donors (Lipinski definition) is 2. The summed E-state index contributed by atoms with van der Waals surface area (Å²) in [7, 11) is 0. The van der Waals surface area contributed by atoms with Crippen molar-refractivity contribution in [3.05, 3.63) is 82.8 Å². The van der Waals surface area contributed by atoms with Gasteiger partial charge in [0.25, 0.3) is 11.8 Å². The lowest BCUT2D eigenvalue weighted by atomic mass is 10.1. The van der Waals surface area contributed by atoms with Gasteiger partial charge >= 0.3 is 0 Å². The number of carbonyl (C=O) groups excluding carboxylic acids is 2. The van der Waals surface area contributed by atoms with Crippen LogP contribution in [0.15, 0.2) is 77.3 Å². The van der Waals surface area contributed by atoms with Crippen molar-refractivity contribution < 1.29 is 19.1 Å². The molecule has 0 spiro atoms. The molecule has 7 heteroatoms. The van der Waals surface area contributed by atoms with E-state index in [1.807, 2.05) is 67.6 Å². The summed E-state index contributed by atoms with van der Waals surface area (Å²) >= 11 is 3.46. The van der Waals surface area contributed by atoms with Gasteiger partial charge in [-0.15, -0.1) is 0 Å². The molecule has 30 heavy (non-hydrogen) atoms. The van der Waals surface area contributed by atoms with Crippen LogP contribution in [-0.4, -0.2) is 25.0 Å². The highest BCUT2D eigenvalue weighted by Crippen LogP contribution is 2.30. The van der Waals surface area contributed by atoms with E-state index < -0.39 is 11.8 Å². The molecule has 0 heterocycles. The van der Waals surface area contributed by atoms with Crippen molar-refractivity contribution >= 4 is 27.7 Å². The minimum absolute atomic E-state index is 0.211. The Labute approximate surface area is 183 Å². The second-order valence-electron chi connectivity index (χ2n) is 6.50. The highest BCUT2D eigenvalue weighted by atomic mass is 79.9. The highest BCUT2D eigenvalue weighted by Gasteiger charge is 2.09. The Morgan fingerprint density at radius 3 is 2.17 bits per heavy atom. The van der Waals surface area contributed by atoms with Crippen LogP contribution >= 0.6 is 15.9 Å². The van der Waals surface area contributed by atoms with Gasteiger partial charge in [0, 0.05) is 0 Å². The molecule has 154 valence electrons. The van der Waals surface area contributed by atoms with Crippen molar-refractivity contribution in [2.45, 2.75) is 6.92 Å². The summed E-state index contributed by atoms with van der Waals surface area (Å²) in [5, 5.41) is 0. The number of hydrogen-bond acceptors (Lipinski definition) is 4. The zero-order valence-electron chi connectivity index (χ0n) is 16.4. The summed E-state index contributed by atoms with van der Waals surface area (Å²) in [6, 6.07) is 22.9. The molecular formula is C23H21BrN2O4. The molecule has 0 aromatic heterocycles. The lowest BCUT2D eigenvalue weighted by molar-refractivity contribution is -0.131. The van der Waals surface area contributed by atoms with Crippen molar-refractivity contribution in [3.8, 4) is 22.6 Å². The third-order valence-electron chi connectivity index (χ3n) is 4.10. The number of carbonyl (C=O) groups is 2. The molecule has 3 rings (SSSR count). The van der Waals surface area contributed by atoms with Crippen molar-refractivity contribution in [2.24, 2.45) is 0 Å². The Bertz CT molecular complexity index is 1020. The maximum absolute atomic E-state index is 11.9. The second kappa shape index (κ2) is 10.5. The minimum atomic E-state index is -0.488. The minimum Gasteiger partial charge on any atom is -0.484 e. The van der Waals surface area contributed by atoms with Gasteiger partial charge in [-0.05, 0) is 63.8 Å². The van der Waals surface area contributed by atoms with Crippen LogP contribution in [0.5, 0.6) is 11.5 Å². The first-order valence-electron chi connectivity index (χ1n) is 9.26. The molecule has 0 atom stereocenters. The van der Waals surface area contributed by atoms with E-state index in [0.717, 1.165) is 21.2 Å². The van der Waals surface area contributed by atoms with Gasteiger partial charge in [0.15, 0.2) is 13.2 Å². The molecule has 0 unspecified atom stereocenters. The molecule has 2 N–H and O–H groups in total. The predicted octanol–water partition coefficient (Wildman–Crippen LogP) is 4.03. The van der Waals surface area contributed by atoms with Crippen LogP contribution in [0.2, 0.25) is 0 Å². The number of halogens is 1. The summed E-state index contributed by atoms with van der Waals surface area (Å²) in [5.41, 5.74) is 7.73. The molecule has 3 aromatic carbocycles. The Balaban J connectivity index is 1.42. The van der Waals surface area contributed by atoms with Crippen molar-refractivity contribution in [2.75, 3.05) is 13.2 Å². The normalized spacial score (nSPS) is 10.2. The fraction of sp³-hybridized carbons (Fsp3) is 0.130. The Hall–Kier alpha value is -3.32. The Morgan fingerprint density at radius 1 is 0.800 bits per heavy atom. The Kier molecular flexibility index (Phi) is 7.45. The van der Waals surface area contributed by atoms with Gasteiger partial charge < -0.3 is 9.47 Å². The first-order valence-corrected chi connectivity index (χ1v) is 10.1. The van der Waals surface area contributed by atoms with E-state index in [1.54, 1.807) is 12.1 Å². The summed E-state index contributed by atoms with van der Waals surface area (Å²) in [6.07, 6.45) is 0. The molecule has 0 saturated heterocycles. The van der Waals surface area contributed by atoms with Gasteiger partial charge in [-0.2, -0.15) is 0 Å². The van der Waals surface area contributed by atoms with E-state index in [-0.39, 0.29) is 13.2 Å². The van der Waals surface area contributed by atoms with Crippen LogP contribution in [-0.2, 0) is 9.59 Å². The van der Waals surface area contributed by atoms with Crippen LogP contribution in [0.4, 0.5) is 0 Å². The van der Waals surface area contributed by atoms with Crippen molar-refractivity contribution in [1.82, 2.24) is 10.9 Å². The molecule has 0 aliphatic rings. The van der Waals surface area contributed by atoms with E-state index >= 15 is 0 Å². The molecule has 6 nitrogen and oxygen atoms in total. The molecular weight excluding hydrogens is 448 g/mol. The molecule has 3 aromatic rings. The van der Waals surface area contributed by atoms with E-state index in [0.29, 0.717) is 11.5 Å². The number of aryl methyl sites for hydroxylation is 1. The summed E-state index contributed by atoms with van der Waals surface area (Å²) in [6.45, 7) is 1.47. The number of benzene rings is 3. The molecule has 0 aliphatic heterocycles. The maximum Gasteiger partial charge on any atom is 0.276 e. The van der Waals surface area contributed by atoms with Crippen LogP contribution < -0.4 is 20.3 Å². The van der Waals surface area contributed by atoms with Crippen LogP contribution in [0.25, 0.3) is 11.1 Å². The molecule has 0 aliphatic carbocycles. The smallest absolute Gasteiger partial charge is 0.276 e. The highest BCUT2D eigenvalue weighted by molar-refractivity contribution is 9.10. The quantitative estimate of drug-likeness (QED) is 0.513. The van der Waals surface area contributed by atoms with E-state index in [4.69, 9.17) is 9.47 Å². The summed E-state index contributed by atoms with van der Waals surface area (Å²) in [4.78, 5) is 23.7. The van der Waals surface area contributed by atoms with Gasteiger partial charge in [-0.25, -0.2) is 0 Å². The van der Waals surface area contributed by atoms with E-state index in [9.17, 15) is 9.59 Å². The topological polar surface area (TPSA) is 76.7 Å². The Morgan fingerprint density at radius 2 is 1.50 bits per heavy atom. The molecule has 0 fully saturated rings. The van der Waals surface area contributed by atoms with Crippen LogP contribution in [0.1, 0.15) is 5.56 Å². The zero-order valence-corrected chi connectivity index (χ0v) is 17.9. The van der Waals surface area contributed by atoms with Gasteiger partial charge in [-0.1, -0.05) is 48.5 Å². The largest absolute Gasteiger partial charge is 0.484 e. The number of amides is 2. The van der Waals surface area contributed by atoms with Gasteiger partial charge in [-0.3, -0.25) is 20.4 Å². The molecule has 0 saturated carbocycles.